The third kappa shape index (κ3) is 7.33. The highest BCUT2D eigenvalue weighted by molar-refractivity contribution is 5.69. The molecule has 0 heterocycles. The lowest BCUT2D eigenvalue weighted by Crippen LogP contribution is -2.37. The van der Waals surface area contributed by atoms with E-state index in [4.69, 9.17) is 10.2 Å². The Hall–Kier alpha value is -0.610. The monoisotopic (exact) mass is 217 g/mol. The van der Waals surface area contributed by atoms with E-state index in [9.17, 15) is 4.79 Å². The number of carbonyl (C=O) groups is 1. The van der Waals surface area contributed by atoms with E-state index >= 15 is 0 Å². The van der Waals surface area contributed by atoms with Gasteiger partial charge in [-0.05, 0) is 39.2 Å². The Balaban J connectivity index is 3.85. The van der Waals surface area contributed by atoms with Gasteiger partial charge in [0, 0.05) is 12.6 Å². The highest BCUT2D eigenvalue weighted by atomic mass is 16.4. The Morgan fingerprint density at radius 3 is 2.47 bits per heavy atom. The molecule has 4 heteroatoms. The van der Waals surface area contributed by atoms with Gasteiger partial charge in [-0.15, -0.1) is 0 Å². The zero-order valence-corrected chi connectivity index (χ0v) is 9.78. The summed E-state index contributed by atoms with van der Waals surface area (Å²) in [4.78, 5) is 12.6. The van der Waals surface area contributed by atoms with Crippen LogP contribution < -0.4 is 0 Å². The minimum absolute atomic E-state index is 0.119. The molecular weight excluding hydrogens is 194 g/mol. The molecule has 0 bridgehead atoms. The molecule has 90 valence electrons. The molecule has 0 saturated carbocycles. The fourth-order valence-corrected chi connectivity index (χ4v) is 1.49. The number of aliphatic hydroxyl groups excluding tert-OH is 1. The standard InChI is InChI=1S/C11H23NO3/c1-3-10(2)12(9-11(14)15)7-5-4-6-8-13/h10,13H,3-9H2,1-2H3,(H,14,15). The van der Waals surface area contributed by atoms with E-state index in [1.54, 1.807) is 0 Å². The average Bonchev–Trinajstić information content (AvgIpc) is 2.21. The molecule has 0 rings (SSSR count). The van der Waals surface area contributed by atoms with Crippen LogP contribution in [0.3, 0.4) is 0 Å². The molecule has 0 aliphatic rings. The van der Waals surface area contributed by atoms with E-state index in [0.717, 1.165) is 32.2 Å². The highest BCUT2D eigenvalue weighted by Crippen LogP contribution is 2.06. The van der Waals surface area contributed by atoms with Crippen molar-refractivity contribution in [3.8, 4) is 0 Å². The summed E-state index contributed by atoms with van der Waals surface area (Å²) in [5, 5.41) is 17.4. The molecule has 0 fully saturated rings. The maximum Gasteiger partial charge on any atom is 0.317 e. The number of nitrogens with zero attached hydrogens (tertiary/aromatic N) is 1. The third-order valence-electron chi connectivity index (χ3n) is 2.66. The van der Waals surface area contributed by atoms with Crippen LogP contribution in [0.15, 0.2) is 0 Å². The van der Waals surface area contributed by atoms with Crippen molar-refractivity contribution in [2.24, 2.45) is 0 Å². The van der Waals surface area contributed by atoms with Gasteiger partial charge in [0.25, 0.3) is 0 Å². The van der Waals surface area contributed by atoms with Crippen LogP contribution in [0.4, 0.5) is 0 Å². The van der Waals surface area contributed by atoms with Crippen LogP contribution in [0.2, 0.25) is 0 Å². The molecule has 0 saturated heterocycles. The fourth-order valence-electron chi connectivity index (χ4n) is 1.49. The minimum atomic E-state index is -0.766. The van der Waals surface area contributed by atoms with Crippen LogP contribution in [0.1, 0.15) is 39.5 Å². The summed E-state index contributed by atoms with van der Waals surface area (Å²) in [6.07, 6.45) is 3.69. The number of carboxylic acid groups (broad SMARTS) is 1. The van der Waals surface area contributed by atoms with Crippen LogP contribution in [0.25, 0.3) is 0 Å². The number of hydrogen-bond acceptors (Lipinski definition) is 3. The van der Waals surface area contributed by atoms with E-state index in [0.29, 0.717) is 6.04 Å². The van der Waals surface area contributed by atoms with Crippen molar-refractivity contribution in [1.29, 1.82) is 0 Å². The zero-order chi connectivity index (χ0) is 11.7. The first-order valence-electron chi connectivity index (χ1n) is 5.68. The lowest BCUT2D eigenvalue weighted by atomic mass is 10.2. The molecule has 0 spiro atoms. The molecule has 0 radical (unpaired) electrons. The van der Waals surface area contributed by atoms with Crippen molar-refractivity contribution in [1.82, 2.24) is 4.90 Å². The smallest absolute Gasteiger partial charge is 0.317 e. The van der Waals surface area contributed by atoms with Crippen molar-refractivity contribution in [3.63, 3.8) is 0 Å². The molecular formula is C11H23NO3. The maximum atomic E-state index is 10.6. The first-order valence-corrected chi connectivity index (χ1v) is 5.68. The van der Waals surface area contributed by atoms with E-state index in [2.05, 4.69) is 13.8 Å². The molecule has 0 amide bonds. The van der Waals surface area contributed by atoms with Crippen molar-refractivity contribution >= 4 is 5.97 Å². The van der Waals surface area contributed by atoms with Crippen LogP contribution in [-0.2, 0) is 4.79 Å². The van der Waals surface area contributed by atoms with Crippen molar-refractivity contribution in [3.05, 3.63) is 0 Å². The molecule has 1 atom stereocenters. The summed E-state index contributed by atoms with van der Waals surface area (Å²) in [5.41, 5.74) is 0. The van der Waals surface area contributed by atoms with Gasteiger partial charge in [0.1, 0.15) is 0 Å². The predicted molar refractivity (Wildman–Crippen MR) is 59.9 cm³/mol. The molecule has 0 aromatic rings. The van der Waals surface area contributed by atoms with E-state index in [1.165, 1.54) is 0 Å². The first-order chi connectivity index (χ1) is 7.11. The van der Waals surface area contributed by atoms with Gasteiger partial charge in [0.2, 0.25) is 0 Å². The summed E-state index contributed by atoms with van der Waals surface area (Å²) >= 11 is 0. The maximum absolute atomic E-state index is 10.6. The van der Waals surface area contributed by atoms with Gasteiger partial charge in [-0.1, -0.05) is 6.92 Å². The van der Waals surface area contributed by atoms with Gasteiger partial charge in [-0.3, -0.25) is 9.69 Å². The van der Waals surface area contributed by atoms with E-state index in [1.807, 2.05) is 4.90 Å². The summed E-state index contributed by atoms with van der Waals surface area (Å²) in [6.45, 7) is 5.26. The molecule has 0 aromatic carbocycles. The van der Waals surface area contributed by atoms with Gasteiger partial charge in [0.15, 0.2) is 0 Å². The second-order valence-corrected chi connectivity index (χ2v) is 3.91. The number of hydrogen-bond donors (Lipinski definition) is 2. The molecule has 0 aliphatic carbocycles. The van der Waals surface area contributed by atoms with Crippen LogP contribution in [-0.4, -0.2) is 46.8 Å². The van der Waals surface area contributed by atoms with Crippen LogP contribution >= 0.6 is 0 Å². The quantitative estimate of drug-likeness (QED) is 0.572. The topological polar surface area (TPSA) is 60.8 Å². The van der Waals surface area contributed by atoms with Gasteiger partial charge < -0.3 is 10.2 Å². The summed E-state index contributed by atoms with van der Waals surface area (Å²) in [7, 11) is 0. The third-order valence-corrected chi connectivity index (χ3v) is 2.66. The zero-order valence-electron chi connectivity index (χ0n) is 9.78. The summed E-state index contributed by atoms with van der Waals surface area (Å²) in [5.74, 6) is -0.766. The Labute approximate surface area is 91.9 Å². The van der Waals surface area contributed by atoms with Gasteiger partial charge in [0.05, 0.1) is 6.54 Å². The average molecular weight is 217 g/mol. The minimum Gasteiger partial charge on any atom is -0.480 e. The van der Waals surface area contributed by atoms with E-state index < -0.39 is 5.97 Å². The number of aliphatic hydroxyl groups is 1. The number of unbranched alkanes of at least 4 members (excludes halogenated alkanes) is 2. The van der Waals surface area contributed by atoms with Crippen molar-refractivity contribution in [2.45, 2.75) is 45.6 Å². The van der Waals surface area contributed by atoms with Gasteiger partial charge in [-0.2, -0.15) is 0 Å². The lowest BCUT2D eigenvalue weighted by molar-refractivity contribution is -0.138. The Bertz CT molecular complexity index is 173. The van der Waals surface area contributed by atoms with Crippen LogP contribution in [0, 0.1) is 0 Å². The number of rotatable bonds is 9. The van der Waals surface area contributed by atoms with Crippen LogP contribution in [0.5, 0.6) is 0 Å². The Morgan fingerprint density at radius 2 is 2.00 bits per heavy atom. The molecule has 2 N–H and O–H groups in total. The van der Waals surface area contributed by atoms with Crippen molar-refractivity contribution in [2.75, 3.05) is 19.7 Å². The van der Waals surface area contributed by atoms with Gasteiger partial charge in [-0.25, -0.2) is 0 Å². The molecule has 4 nitrogen and oxygen atoms in total. The first kappa shape index (κ1) is 14.4. The number of carboxylic acids is 1. The van der Waals surface area contributed by atoms with E-state index in [-0.39, 0.29) is 13.2 Å². The lowest BCUT2D eigenvalue weighted by Gasteiger charge is -2.26. The Morgan fingerprint density at radius 1 is 1.33 bits per heavy atom. The normalized spacial score (nSPS) is 13.1. The summed E-state index contributed by atoms with van der Waals surface area (Å²) in [6, 6.07) is 0.315. The SMILES string of the molecule is CCC(C)N(CCCCCO)CC(=O)O. The molecule has 0 aromatic heterocycles. The fraction of sp³-hybridized carbons (Fsp3) is 0.909. The molecule has 0 aliphatic heterocycles. The highest BCUT2D eigenvalue weighted by Gasteiger charge is 2.14. The molecule has 1 unspecified atom stereocenters. The second-order valence-electron chi connectivity index (χ2n) is 3.91. The largest absolute Gasteiger partial charge is 0.480 e. The predicted octanol–water partition coefficient (Wildman–Crippen LogP) is 1.33. The Kier molecular flexibility index (Phi) is 8.33. The number of aliphatic carboxylic acids is 1. The second kappa shape index (κ2) is 8.68. The van der Waals surface area contributed by atoms with Gasteiger partial charge >= 0.3 is 5.97 Å². The van der Waals surface area contributed by atoms with Crippen molar-refractivity contribution < 1.29 is 15.0 Å². The molecule has 15 heavy (non-hydrogen) atoms. The summed E-state index contributed by atoms with van der Waals surface area (Å²) < 4.78 is 0.